The molecule has 0 radical (unpaired) electrons. The van der Waals surface area contributed by atoms with Gasteiger partial charge in [0.1, 0.15) is 11.5 Å². The third-order valence-corrected chi connectivity index (χ3v) is 6.86. The molecular weight excluding hydrogens is 512 g/mol. The molecule has 3 aromatic rings. The van der Waals surface area contributed by atoms with E-state index in [-0.39, 0.29) is 11.5 Å². The Morgan fingerprint density at radius 3 is 1.97 bits per heavy atom. The third-order valence-electron chi connectivity index (χ3n) is 6.03. The van der Waals surface area contributed by atoms with Crippen LogP contribution in [0, 0.1) is 0 Å². The molecule has 206 valence electrons. The molecule has 1 N–H and O–H groups in total. The summed E-state index contributed by atoms with van der Waals surface area (Å²) in [6.45, 7) is 2.30. The maximum absolute atomic E-state index is 12.8. The zero-order valence-corrected chi connectivity index (χ0v) is 23.2. The number of hydrogen-bond acceptors (Lipinski definition) is 9. The van der Waals surface area contributed by atoms with Crippen LogP contribution in [0.25, 0.3) is 0 Å². The molecule has 0 spiro atoms. The second-order valence-electron chi connectivity index (χ2n) is 8.30. The molecule has 0 saturated heterocycles. The number of rotatable bonds is 10. The van der Waals surface area contributed by atoms with Gasteiger partial charge >= 0.3 is 5.97 Å². The SMILES string of the molecule is CCC(COC(=O)c1cc(OC)c(OC)c(OC)c1)(c1ccccc1)N(C)C.O=S(=O)(O)c1cccnc1. The Labute approximate surface area is 223 Å². The summed E-state index contributed by atoms with van der Waals surface area (Å²) in [5.41, 5.74) is 1.02. The van der Waals surface area contributed by atoms with Crippen molar-refractivity contribution in [3.63, 3.8) is 0 Å². The van der Waals surface area contributed by atoms with Gasteiger partial charge in [0, 0.05) is 12.4 Å². The number of nitrogens with zero attached hydrogens (tertiary/aromatic N) is 2. The summed E-state index contributed by atoms with van der Waals surface area (Å²) < 4.78 is 50.8. The van der Waals surface area contributed by atoms with Crippen molar-refractivity contribution in [3.05, 3.63) is 78.1 Å². The van der Waals surface area contributed by atoms with E-state index in [9.17, 15) is 13.2 Å². The lowest BCUT2D eigenvalue weighted by Crippen LogP contribution is -2.45. The average molecular weight is 547 g/mol. The smallest absolute Gasteiger partial charge is 0.338 e. The molecule has 0 fully saturated rings. The number of aromatic nitrogens is 1. The van der Waals surface area contributed by atoms with Gasteiger partial charge in [0.25, 0.3) is 10.1 Å². The Bertz CT molecular complexity index is 1260. The van der Waals surface area contributed by atoms with Crippen LogP contribution in [-0.2, 0) is 20.4 Å². The lowest BCUT2D eigenvalue weighted by molar-refractivity contribution is 0.0119. The van der Waals surface area contributed by atoms with Gasteiger partial charge in [-0.3, -0.25) is 14.4 Å². The van der Waals surface area contributed by atoms with E-state index in [4.69, 9.17) is 23.5 Å². The van der Waals surface area contributed by atoms with Gasteiger partial charge in [0.2, 0.25) is 5.75 Å². The van der Waals surface area contributed by atoms with E-state index in [1.165, 1.54) is 39.7 Å². The molecule has 0 aliphatic carbocycles. The first-order valence-corrected chi connectivity index (χ1v) is 13.1. The Morgan fingerprint density at radius 1 is 0.974 bits per heavy atom. The Hall–Kier alpha value is -3.67. The van der Waals surface area contributed by atoms with Gasteiger partial charge in [-0.2, -0.15) is 8.42 Å². The minimum absolute atomic E-state index is 0.185. The molecule has 2 aromatic carbocycles. The standard InChI is InChI=1S/C22H29NO5.C5H5NO3S/c1-7-22(23(2)3,17-11-9-8-10-12-17)15-28-21(24)16-13-18(25-4)20(27-6)19(14-16)26-5;7-10(8,9)5-2-1-3-6-4-5/h8-14H,7,15H2,1-6H3;1-4H,(H,7,8,9). The monoisotopic (exact) mass is 546 g/mol. The van der Waals surface area contributed by atoms with Gasteiger partial charge in [-0.25, -0.2) is 4.79 Å². The van der Waals surface area contributed by atoms with Crippen LogP contribution < -0.4 is 14.2 Å². The fourth-order valence-corrected chi connectivity index (χ4v) is 4.25. The molecule has 1 atom stereocenters. The summed E-state index contributed by atoms with van der Waals surface area (Å²) in [6.07, 6.45) is 3.29. The fourth-order valence-electron chi connectivity index (χ4n) is 3.81. The van der Waals surface area contributed by atoms with E-state index in [1.54, 1.807) is 12.1 Å². The minimum atomic E-state index is -4.07. The number of hydrogen-bond donors (Lipinski definition) is 1. The van der Waals surface area contributed by atoms with Crippen molar-refractivity contribution in [2.45, 2.75) is 23.8 Å². The van der Waals surface area contributed by atoms with Gasteiger partial charge in [-0.05, 0) is 50.3 Å². The molecular formula is C27H34N2O8S. The highest BCUT2D eigenvalue weighted by Gasteiger charge is 2.34. The predicted molar refractivity (Wildman–Crippen MR) is 143 cm³/mol. The molecule has 0 aliphatic rings. The Balaban J connectivity index is 0.000000423. The molecule has 0 saturated carbocycles. The molecule has 0 amide bonds. The number of esters is 1. The van der Waals surface area contributed by atoms with Crippen LogP contribution in [0.5, 0.6) is 17.2 Å². The van der Waals surface area contributed by atoms with Crippen molar-refractivity contribution >= 4 is 16.1 Å². The first-order valence-electron chi connectivity index (χ1n) is 11.6. The Morgan fingerprint density at radius 2 is 1.58 bits per heavy atom. The molecule has 0 bridgehead atoms. The third kappa shape index (κ3) is 7.44. The first-order chi connectivity index (χ1) is 18.0. The van der Waals surface area contributed by atoms with E-state index in [0.29, 0.717) is 22.8 Å². The van der Waals surface area contributed by atoms with Gasteiger partial charge in [0.15, 0.2) is 11.5 Å². The lowest BCUT2D eigenvalue weighted by Gasteiger charge is -2.39. The van der Waals surface area contributed by atoms with Crippen molar-refractivity contribution in [1.82, 2.24) is 9.88 Å². The molecule has 10 nitrogen and oxygen atoms in total. The highest BCUT2D eigenvalue weighted by Crippen LogP contribution is 2.38. The summed E-state index contributed by atoms with van der Waals surface area (Å²) in [6, 6.07) is 15.9. The van der Waals surface area contributed by atoms with E-state index >= 15 is 0 Å². The van der Waals surface area contributed by atoms with E-state index in [2.05, 4.69) is 28.9 Å². The van der Waals surface area contributed by atoms with Crippen molar-refractivity contribution in [2.75, 3.05) is 42.0 Å². The van der Waals surface area contributed by atoms with Crippen LogP contribution in [0.3, 0.4) is 0 Å². The quantitative estimate of drug-likeness (QED) is 0.294. The second kappa shape index (κ2) is 13.8. The lowest BCUT2D eigenvalue weighted by atomic mass is 9.87. The number of pyridine rings is 1. The number of methoxy groups -OCH3 is 3. The van der Waals surface area contributed by atoms with E-state index < -0.39 is 21.6 Å². The fraction of sp³-hybridized carbons (Fsp3) is 0.333. The van der Waals surface area contributed by atoms with Crippen molar-refractivity contribution < 1.29 is 36.7 Å². The molecule has 1 unspecified atom stereocenters. The molecule has 11 heteroatoms. The highest BCUT2D eigenvalue weighted by molar-refractivity contribution is 7.85. The number of carbonyl (C=O) groups excluding carboxylic acids is 1. The van der Waals surface area contributed by atoms with E-state index in [1.807, 2.05) is 32.3 Å². The molecule has 1 heterocycles. The average Bonchev–Trinajstić information content (AvgIpc) is 2.93. The minimum Gasteiger partial charge on any atom is -0.493 e. The summed E-state index contributed by atoms with van der Waals surface area (Å²) in [7, 11) is 4.45. The topological polar surface area (TPSA) is 124 Å². The van der Waals surface area contributed by atoms with Gasteiger partial charge < -0.3 is 18.9 Å². The molecule has 38 heavy (non-hydrogen) atoms. The second-order valence-corrected chi connectivity index (χ2v) is 9.72. The Kier molecular flexibility index (Phi) is 11.1. The van der Waals surface area contributed by atoms with Crippen LogP contribution in [0.15, 0.2) is 71.9 Å². The molecule has 0 aliphatic heterocycles. The predicted octanol–water partition coefficient (Wildman–Crippen LogP) is 4.06. The van der Waals surface area contributed by atoms with Gasteiger partial charge in [-0.15, -0.1) is 0 Å². The first kappa shape index (κ1) is 30.6. The van der Waals surface area contributed by atoms with Crippen LogP contribution >= 0.6 is 0 Å². The van der Waals surface area contributed by atoms with Crippen LogP contribution in [0.1, 0.15) is 29.3 Å². The van der Waals surface area contributed by atoms with Gasteiger partial charge in [-0.1, -0.05) is 37.3 Å². The number of benzene rings is 2. The summed E-state index contributed by atoms with van der Waals surface area (Å²) >= 11 is 0. The zero-order chi connectivity index (χ0) is 28.3. The zero-order valence-electron chi connectivity index (χ0n) is 22.4. The maximum Gasteiger partial charge on any atom is 0.338 e. The normalized spacial score (nSPS) is 12.5. The van der Waals surface area contributed by atoms with E-state index in [0.717, 1.165) is 18.2 Å². The van der Waals surface area contributed by atoms with Crippen LogP contribution in [0.4, 0.5) is 0 Å². The van der Waals surface area contributed by atoms with Crippen LogP contribution in [-0.4, -0.2) is 70.9 Å². The molecule has 3 rings (SSSR count). The van der Waals surface area contributed by atoms with Crippen LogP contribution in [0.2, 0.25) is 0 Å². The number of ether oxygens (including phenoxy) is 4. The van der Waals surface area contributed by atoms with Crippen molar-refractivity contribution in [3.8, 4) is 17.2 Å². The van der Waals surface area contributed by atoms with Gasteiger partial charge in [0.05, 0.1) is 32.4 Å². The number of carbonyl (C=O) groups is 1. The summed E-state index contributed by atoms with van der Waals surface area (Å²) in [5.74, 6) is 0.800. The van der Waals surface area contributed by atoms with Crippen molar-refractivity contribution in [2.24, 2.45) is 0 Å². The highest BCUT2D eigenvalue weighted by atomic mass is 32.2. The largest absolute Gasteiger partial charge is 0.493 e. The maximum atomic E-state index is 12.8. The number of likely N-dealkylation sites (N-methyl/N-ethyl adjacent to an activating group) is 1. The molecule has 1 aromatic heterocycles. The summed E-state index contributed by atoms with van der Waals surface area (Å²) in [4.78, 5) is 18.2. The summed E-state index contributed by atoms with van der Waals surface area (Å²) in [5, 5.41) is 0. The van der Waals surface area contributed by atoms with Crippen molar-refractivity contribution in [1.29, 1.82) is 0 Å².